The molecule has 0 atom stereocenters. The van der Waals surface area contributed by atoms with Gasteiger partial charge in [-0.25, -0.2) is 9.59 Å². The Balaban J connectivity index is 3.24. The van der Waals surface area contributed by atoms with E-state index in [-0.39, 0.29) is 0 Å². The molecule has 0 aliphatic rings. The summed E-state index contributed by atoms with van der Waals surface area (Å²) in [5.41, 5.74) is 0. The van der Waals surface area contributed by atoms with E-state index in [0.29, 0.717) is 6.61 Å². The Morgan fingerprint density at radius 2 is 1.50 bits per heavy atom. The minimum atomic E-state index is -1.14. The summed E-state index contributed by atoms with van der Waals surface area (Å²) in [4.78, 5) is 21.2. The fourth-order valence-electron chi connectivity index (χ4n) is 1.90. The number of esters is 1. The van der Waals surface area contributed by atoms with E-state index in [0.717, 1.165) is 30.9 Å². The van der Waals surface area contributed by atoms with Crippen LogP contribution >= 0.6 is 0 Å². The molecule has 4 nitrogen and oxygen atoms in total. The standard InChI is InChI=1S/C16H28O4/c1-14(2)10-8-6-4-3-5-7-9-13-20-16(19)12-11-15(17)18/h11-12,14H,3-10,13H2,1-2H3,(H,17,18)/b12-11-. The number of hydrogen-bond acceptors (Lipinski definition) is 3. The van der Waals surface area contributed by atoms with E-state index in [1.54, 1.807) is 0 Å². The zero-order valence-electron chi connectivity index (χ0n) is 12.8. The fourth-order valence-corrected chi connectivity index (χ4v) is 1.90. The molecule has 116 valence electrons. The maximum absolute atomic E-state index is 11.0. The lowest BCUT2D eigenvalue weighted by molar-refractivity contribution is -0.138. The zero-order valence-corrected chi connectivity index (χ0v) is 12.8. The number of hydrogen-bond donors (Lipinski definition) is 1. The van der Waals surface area contributed by atoms with E-state index in [1.807, 2.05) is 0 Å². The van der Waals surface area contributed by atoms with Crippen LogP contribution < -0.4 is 0 Å². The molecule has 0 saturated heterocycles. The molecular formula is C16H28O4. The largest absolute Gasteiger partial charge is 0.478 e. The quantitative estimate of drug-likeness (QED) is 0.335. The van der Waals surface area contributed by atoms with Crippen molar-refractivity contribution in [3.05, 3.63) is 12.2 Å². The number of unbranched alkanes of at least 4 members (excludes halogenated alkanes) is 6. The fraction of sp³-hybridized carbons (Fsp3) is 0.750. The van der Waals surface area contributed by atoms with Gasteiger partial charge in [0.1, 0.15) is 0 Å². The average molecular weight is 284 g/mol. The predicted molar refractivity (Wildman–Crippen MR) is 79.5 cm³/mol. The number of aliphatic carboxylic acids is 1. The van der Waals surface area contributed by atoms with Crippen molar-refractivity contribution in [1.82, 2.24) is 0 Å². The van der Waals surface area contributed by atoms with E-state index < -0.39 is 11.9 Å². The number of rotatable bonds is 12. The van der Waals surface area contributed by atoms with Crippen molar-refractivity contribution in [1.29, 1.82) is 0 Å². The highest BCUT2D eigenvalue weighted by Crippen LogP contribution is 2.11. The molecule has 1 N–H and O–H groups in total. The van der Waals surface area contributed by atoms with Gasteiger partial charge in [0, 0.05) is 12.2 Å². The molecule has 0 spiro atoms. The highest BCUT2D eigenvalue weighted by molar-refractivity contribution is 5.90. The van der Waals surface area contributed by atoms with Gasteiger partial charge < -0.3 is 9.84 Å². The minimum Gasteiger partial charge on any atom is -0.478 e. The molecule has 0 aliphatic heterocycles. The van der Waals surface area contributed by atoms with E-state index in [2.05, 4.69) is 13.8 Å². The molecule has 0 fully saturated rings. The lowest BCUT2D eigenvalue weighted by atomic mass is 10.0. The molecule has 0 aromatic rings. The van der Waals surface area contributed by atoms with Crippen molar-refractivity contribution in [3.8, 4) is 0 Å². The van der Waals surface area contributed by atoms with E-state index in [1.165, 1.54) is 38.5 Å². The summed E-state index contributed by atoms with van der Waals surface area (Å²) in [5, 5.41) is 8.33. The molecule has 4 heteroatoms. The smallest absolute Gasteiger partial charge is 0.331 e. The average Bonchev–Trinajstić information content (AvgIpc) is 2.38. The molecule has 0 saturated carbocycles. The lowest BCUT2D eigenvalue weighted by Crippen LogP contribution is -2.03. The Morgan fingerprint density at radius 3 is 2.05 bits per heavy atom. The number of carboxylic acids is 1. The molecule has 20 heavy (non-hydrogen) atoms. The van der Waals surface area contributed by atoms with Gasteiger partial charge in [-0.2, -0.15) is 0 Å². The third kappa shape index (κ3) is 14.7. The van der Waals surface area contributed by atoms with Crippen LogP contribution in [0.1, 0.15) is 65.2 Å². The van der Waals surface area contributed by atoms with Gasteiger partial charge in [0.2, 0.25) is 0 Å². The Kier molecular flexibility index (Phi) is 11.9. The summed E-state index contributed by atoms with van der Waals surface area (Å²) >= 11 is 0. The predicted octanol–water partition coefficient (Wildman–Crippen LogP) is 3.95. The van der Waals surface area contributed by atoms with Crippen LogP contribution in [-0.2, 0) is 14.3 Å². The van der Waals surface area contributed by atoms with Crippen LogP contribution in [0.4, 0.5) is 0 Å². The van der Waals surface area contributed by atoms with Crippen molar-refractivity contribution in [3.63, 3.8) is 0 Å². The Hall–Kier alpha value is -1.32. The van der Waals surface area contributed by atoms with E-state index in [4.69, 9.17) is 9.84 Å². The highest BCUT2D eigenvalue weighted by atomic mass is 16.5. The van der Waals surface area contributed by atoms with Crippen LogP contribution in [-0.4, -0.2) is 23.7 Å². The van der Waals surface area contributed by atoms with Crippen molar-refractivity contribution in [2.45, 2.75) is 65.2 Å². The van der Waals surface area contributed by atoms with Crippen LogP contribution in [0.15, 0.2) is 12.2 Å². The molecule has 0 rings (SSSR count). The van der Waals surface area contributed by atoms with Gasteiger partial charge in [-0.1, -0.05) is 58.8 Å². The van der Waals surface area contributed by atoms with Crippen LogP contribution in [0, 0.1) is 5.92 Å². The van der Waals surface area contributed by atoms with Gasteiger partial charge in [0.25, 0.3) is 0 Å². The summed E-state index contributed by atoms with van der Waals surface area (Å²) in [6, 6.07) is 0. The van der Waals surface area contributed by atoms with E-state index >= 15 is 0 Å². The van der Waals surface area contributed by atoms with Crippen LogP contribution in [0.5, 0.6) is 0 Å². The van der Waals surface area contributed by atoms with Gasteiger partial charge in [-0.05, 0) is 12.3 Å². The monoisotopic (exact) mass is 284 g/mol. The maximum atomic E-state index is 11.0. The Bertz CT molecular complexity index is 295. The van der Waals surface area contributed by atoms with Gasteiger partial charge >= 0.3 is 11.9 Å². The van der Waals surface area contributed by atoms with E-state index in [9.17, 15) is 9.59 Å². The first-order chi connectivity index (χ1) is 9.52. The van der Waals surface area contributed by atoms with Crippen molar-refractivity contribution < 1.29 is 19.4 Å². The zero-order chi connectivity index (χ0) is 15.2. The van der Waals surface area contributed by atoms with Crippen LogP contribution in [0.2, 0.25) is 0 Å². The summed E-state index contributed by atoms with van der Waals surface area (Å²) in [6.45, 7) is 4.88. The molecule has 0 amide bonds. The Morgan fingerprint density at radius 1 is 0.950 bits per heavy atom. The number of carboxylic acid groups (broad SMARTS) is 1. The number of ether oxygens (including phenoxy) is 1. The molecule has 0 unspecified atom stereocenters. The molecule has 0 heterocycles. The van der Waals surface area contributed by atoms with Gasteiger partial charge in [-0.15, -0.1) is 0 Å². The van der Waals surface area contributed by atoms with Gasteiger partial charge in [-0.3, -0.25) is 0 Å². The van der Waals surface area contributed by atoms with Crippen molar-refractivity contribution in [2.24, 2.45) is 5.92 Å². The summed E-state index contributed by atoms with van der Waals surface area (Å²) in [7, 11) is 0. The minimum absolute atomic E-state index is 0.371. The summed E-state index contributed by atoms with van der Waals surface area (Å²) < 4.78 is 4.87. The van der Waals surface area contributed by atoms with Gasteiger partial charge in [0.15, 0.2) is 0 Å². The summed E-state index contributed by atoms with van der Waals surface area (Å²) in [6.07, 6.45) is 11.3. The molecule has 0 aromatic heterocycles. The molecular weight excluding hydrogens is 256 g/mol. The van der Waals surface area contributed by atoms with Crippen LogP contribution in [0.3, 0.4) is 0 Å². The maximum Gasteiger partial charge on any atom is 0.331 e. The molecule has 0 aromatic carbocycles. The molecule has 0 bridgehead atoms. The second-order valence-corrected chi connectivity index (χ2v) is 5.50. The topological polar surface area (TPSA) is 63.6 Å². The second kappa shape index (κ2) is 12.7. The van der Waals surface area contributed by atoms with Crippen molar-refractivity contribution >= 4 is 11.9 Å². The number of carbonyl (C=O) groups is 2. The first-order valence-electron chi connectivity index (χ1n) is 7.60. The summed E-state index contributed by atoms with van der Waals surface area (Å²) in [5.74, 6) is -0.916. The Labute approximate surface area is 122 Å². The SMILES string of the molecule is CC(C)CCCCCCCCCOC(=O)/C=C\C(=O)O. The second-order valence-electron chi connectivity index (χ2n) is 5.50. The normalized spacial score (nSPS) is 11.2. The first-order valence-corrected chi connectivity index (χ1v) is 7.60. The van der Waals surface area contributed by atoms with Crippen LogP contribution in [0.25, 0.3) is 0 Å². The lowest BCUT2D eigenvalue weighted by Gasteiger charge is -2.04. The van der Waals surface area contributed by atoms with Crippen molar-refractivity contribution in [2.75, 3.05) is 6.61 Å². The third-order valence-corrected chi connectivity index (χ3v) is 3.03. The first kappa shape index (κ1) is 18.7. The molecule has 0 aliphatic carbocycles. The highest BCUT2D eigenvalue weighted by Gasteiger charge is 1.98. The third-order valence-electron chi connectivity index (χ3n) is 3.03. The van der Waals surface area contributed by atoms with Gasteiger partial charge in [0.05, 0.1) is 6.61 Å². The molecule has 0 radical (unpaired) electrons. The number of carbonyl (C=O) groups excluding carboxylic acids is 1.